The maximum Gasteiger partial charge on any atom is 0.166 e. The van der Waals surface area contributed by atoms with Crippen molar-refractivity contribution in [3.05, 3.63) is 59.5 Å². The number of aromatic nitrogens is 1. The number of nitrogens with zero attached hydrogens (tertiary/aromatic N) is 1. The second kappa shape index (κ2) is 6.28. The minimum atomic E-state index is -0.319. The number of aromatic hydroxyl groups is 1. The van der Waals surface area contributed by atoms with Crippen molar-refractivity contribution in [3.8, 4) is 5.75 Å². The molecule has 3 rings (SSSR count). The van der Waals surface area contributed by atoms with E-state index < -0.39 is 0 Å². The van der Waals surface area contributed by atoms with Crippen molar-refractivity contribution in [1.82, 2.24) is 4.98 Å². The molecule has 0 aliphatic carbocycles. The summed E-state index contributed by atoms with van der Waals surface area (Å²) < 4.78 is 13.3. The molecule has 0 saturated carbocycles. The molecule has 0 fully saturated rings. The van der Waals surface area contributed by atoms with Gasteiger partial charge in [0.05, 0.1) is 11.3 Å². The summed E-state index contributed by atoms with van der Waals surface area (Å²) in [6.45, 7) is 3.56. The number of nitrogens with one attached hydrogen (secondary N) is 1. The third kappa shape index (κ3) is 2.80. The number of aryl methyl sites for hydroxylation is 1. The SMILES string of the molecule is CCC(=O)c1cnc2c(O)cccc2c1Nc1ccc(F)cc1C. The highest BCUT2D eigenvalue weighted by Gasteiger charge is 2.16. The molecule has 1 aromatic heterocycles. The van der Waals surface area contributed by atoms with Crippen molar-refractivity contribution in [1.29, 1.82) is 0 Å². The largest absolute Gasteiger partial charge is 0.506 e. The van der Waals surface area contributed by atoms with E-state index in [2.05, 4.69) is 10.3 Å². The van der Waals surface area contributed by atoms with E-state index in [9.17, 15) is 14.3 Å². The Labute approximate surface area is 139 Å². The van der Waals surface area contributed by atoms with Gasteiger partial charge in [-0.05, 0) is 36.8 Å². The normalized spacial score (nSPS) is 10.8. The Morgan fingerprint density at radius 2 is 2.08 bits per heavy atom. The first kappa shape index (κ1) is 15.9. The highest BCUT2D eigenvalue weighted by Crippen LogP contribution is 2.34. The number of pyridine rings is 1. The summed E-state index contributed by atoms with van der Waals surface area (Å²) in [7, 11) is 0. The summed E-state index contributed by atoms with van der Waals surface area (Å²) >= 11 is 0. The molecule has 3 aromatic rings. The van der Waals surface area contributed by atoms with Crippen LogP contribution >= 0.6 is 0 Å². The number of carbonyl (C=O) groups is 1. The Kier molecular flexibility index (Phi) is 4.16. The van der Waals surface area contributed by atoms with Gasteiger partial charge in [0.2, 0.25) is 0 Å². The molecule has 24 heavy (non-hydrogen) atoms. The number of halogens is 1. The summed E-state index contributed by atoms with van der Waals surface area (Å²) in [4.78, 5) is 16.5. The van der Waals surface area contributed by atoms with Crippen LogP contribution < -0.4 is 5.32 Å². The van der Waals surface area contributed by atoms with Gasteiger partial charge in [0.25, 0.3) is 0 Å². The fourth-order valence-corrected chi connectivity index (χ4v) is 2.65. The molecule has 2 aromatic carbocycles. The summed E-state index contributed by atoms with van der Waals surface area (Å²) in [6, 6.07) is 9.43. The molecule has 0 amide bonds. The average molecular weight is 324 g/mol. The number of hydrogen-bond donors (Lipinski definition) is 2. The Morgan fingerprint density at radius 1 is 1.29 bits per heavy atom. The highest BCUT2D eigenvalue weighted by molar-refractivity contribution is 6.09. The quantitative estimate of drug-likeness (QED) is 0.681. The minimum Gasteiger partial charge on any atom is -0.506 e. The van der Waals surface area contributed by atoms with Crippen LogP contribution in [-0.2, 0) is 0 Å². The Hall–Kier alpha value is -2.95. The van der Waals surface area contributed by atoms with Crippen molar-refractivity contribution in [2.24, 2.45) is 0 Å². The highest BCUT2D eigenvalue weighted by atomic mass is 19.1. The van der Waals surface area contributed by atoms with E-state index in [4.69, 9.17) is 0 Å². The van der Waals surface area contributed by atoms with Crippen molar-refractivity contribution in [2.75, 3.05) is 5.32 Å². The molecule has 0 atom stereocenters. The lowest BCUT2D eigenvalue weighted by molar-refractivity contribution is 0.0988. The predicted molar refractivity (Wildman–Crippen MR) is 92.4 cm³/mol. The number of rotatable bonds is 4. The van der Waals surface area contributed by atoms with Crippen molar-refractivity contribution in [3.63, 3.8) is 0 Å². The third-order valence-corrected chi connectivity index (χ3v) is 3.95. The number of carbonyl (C=O) groups excluding carboxylic acids is 1. The summed E-state index contributed by atoms with van der Waals surface area (Å²) in [6.07, 6.45) is 1.80. The lowest BCUT2D eigenvalue weighted by atomic mass is 10.0. The van der Waals surface area contributed by atoms with Crippen LogP contribution in [0.1, 0.15) is 29.3 Å². The van der Waals surface area contributed by atoms with E-state index in [1.165, 1.54) is 18.3 Å². The number of Topliss-reactive ketones (excluding diaryl/α,β-unsaturated/α-hetero) is 1. The fraction of sp³-hybridized carbons (Fsp3) is 0.158. The summed E-state index contributed by atoms with van der Waals surface area (Å²) in [5.41, 5.74) is 2.83. The molecule has 5 heteroatoms. The number of benzene rings is 2. The van der Waals surface area contributed by atoms with E-state index in [0.29, 0.717) is 34.3 Å². The molecule has 1 heterocycles. The molecule has 0 saturated heterocycles. The van der Waals surface area contributed by atoms with Gasteiger partial charge in [-0.25, -0.2) is 4.39 Å². The van der Waals surface area contributed by atoms with Crippen molar-refractivity contribution < 1.29 is 14.3 Å². The minimum absolute atomic E-state index is 0.0434. The maximum absolute atomic E-state index is 13.3. The monoisotopic (exact) mass is 324 g/mol. The number of phenolic OH excluding ortho intramolecular Hbond substituents is 1. The van der Waals surface area contributed by atoms with Crippen LogP contribution in [0, 0.1) is 12.7 Å². The number of ketones is 1. The van der Waals surface area contributed by atoms with Gasteiger partial charge in [0.1, 0.15) is 17.1 Å². The number of para-hydroxylation sites is 1. The van der Waals surface area contributed by atoms with Gasteiger partial charge in [-0.1, -0.05) is 19.1 Å². The van der Waals surface area contributed by atoms with Crippen LogP contribution in [0.4, 0.5) is 15.8 Å². The molecule has 0 bridgehead atoms. The molecular formula is C19H17FN2O2. The molecule has 0 radical (unpaired) electrons. The molecule has 0 aliphatic rings. The number of hydrogen-bond acceptors (Lipinski definition) is 4. The van der Waals surface area contributed by atoms with Crippen molar-refractivity contribution in [2.45, 2.75) is 20.3 Å². The fourth-order valence-electron chi connectivity index (χ4n) is 2.65. The van der Waals surface area contributed by atoms with Gasteiger partial charge in [-0.3, -0.25) is 9.78 Å². The predicted octanol–water partition coefficient (Wildman–Crippen LogP) is 4.72. The van der Waals surface area contributed by atoms with Gasteiger partial charge in [-0.2, -0.15) is 0 Å². The third-order valence-electron chi connectivity index (χ3n) is 3.95. The first-order valence-electron chi connectivity index (χ1n) is 7.68. The zero-order chi connectivity index (χ0) is 17.3. The smallest absolute Gasteiger partial charge is 0.166 e. The van der Waals surface area contributed by atoms with Gasteiger partial charge in [-0.15, -0.1) is 0 Å². The van der Waals surface area contributed by atoms with Gasteiger partial charge >= 0.3 is 0 Å². The lowest BCUT2D eigenvalue weighted by Gasteiger charge is -2.16. The molecule has 4 nitrogen and oxygen atoms in total. The van der Waals surface area contributed by atoms with Crippen LogP contribution in [0.25, 0.3) is 10.9 Å². The number of anilines is 2. The standard InChI is InChI=1S/C19H17FN2O2/c1-3-16(23)14-10-21-19-13(5-4-6-17(19)24)18(14)22-15-8-7-12(20)9-11(15)2/h4-10,24H,3H2,1-2H3,(H,21,22). The number of fused-ring (bicyclic) bond motifs is 1. The van der Waals surface area contributed by atoms with E-state index in [1.807, 2.05) is 0 Å². The van der Waals surface area contributed by atoms with Gasteiger partial charge < -0.3 is 10.4 Å². The Bertz CT molecular complexity index is 938. The van der Waals surface area contributed by atoms with E-state index >= 15 is 0 Å². The van der Waals surface area contributed by atoms with E-state index in [0.717, 1.165) is 5.56 Å². The Balaban J connectivity index is 2.23. The average Bonchev–Trinajstić information content (AvgIpc) is 2.57. The second-order valence-corrected chi connectivity index (χ2v) is 5.58. The molecule has 2 N–H and O–H groups in total. The first-order chi connectivity index (χ1) is 11.5. The summed E-state index contributed by atoms with van der Waals surface area (Å²) in [5, 5.41) is 13.9. The van der Waals surface area contributed by atoms with Gasteiger partial charge in [0.15, 0.2) is 5.78 Å². The molecule has 0 unspecified atom stereocenters. The number of phenols is 1. The molecule has 0 aliphatic heterocycles. The Morgan fingerprint density at radius 3 is 2.79 bits per heavy atom. The van der Waals surface area contributed by atoms with Crippen LogP contribution in [0.3, 0.4) is 0 Å². The second-order valence-electron chi connectivity index (χ2n) is 5.58. The first-order valence-corrected chi connectivity index (χ1v) is 7.68. The van der Waals surface area contributed by atoms with E-state index in [-0.39, 0.29) is 17.3 Å². The maximum atomic E-state index is 13.3. The van der Waals surface area contributed by atoms with Crippen LogP contribution in [0.2, 0.25) is 0 Å². The zero-order valence-electron chi connectivity index (χ0n) is 13.4. The van der Waals surface area contributed by atoms with E-state index in [1.54, 1.807) is 38.1 Å². The van der Waals surface area contributed by atoms with Crippen LogP contribution in [0.15, 0.2) is 42.6 Å². The summed E-state index contributed by atoms with van der Waals surface area (Å²) in [5.74, 6) is -0.336. The zero-order valence-corrected chi connectivity index (χ0v) is 13.4. The van der Waals surface area contributed by atoms with Crippen LogP contribution in [0.5, 0.6) is 5.75 Å². The van der Waals surface area contributed by atoms with Gasteiger partial charge in [0, 0.05) is 23.7 Å². The van der Waals surface area contributed by atoms with Crippen molar-refractivity contribution >= 4 is 28.1 Å². The molecular weight excluding hydrogens is 307 g/mol. The molecule has 0 spiro atoms. The molecule has 122 valence electrons. The van der Waals surface area contributed by atoms with Crippen LogP contribution in [-0.4, -0.2) is 15.9 Å². The topological polar surface area (TPSA) is 62.2 Å². The lowest BCUT2D eigenvalue weighted by Crippen LogP contribution is -2.05.